The van der Waals surface area contributed by atoms with Gasteiger partial charge in [0.1, 0.15) is 0 Å². The van der Waals surface area contributed by atoms with E-state index in [0.29, 0.717) is 11.3 Å². The molecule has 0 saturated carbocycles. The molecule has 19 heavy (non-hydrogen) atoms. The van der Waals surface area contributed by atoms with Crippen molar-refractivity contribution in [3.05, 3.63) is 59.5 Å². The summed E-state index contributed by atoms with van der Waals surface area (Å²) in [6.07, 6.45) is 4.46. The van der Waals surface area contributed by atoms with Crippen molar-refractivity contribution in [2.75, 3.05) is 5.73 Å². The molecule has 5 heteroatoms. The van der Waals surface area contributed by atoms with Crippen LogP contribution in [0, 0.1) is 0 Å². The lowest BCUT2D eigenvalue weighted by Crippen LogP contribution is -2.05. The van der Waals surface area contributed by atoms with Gasteiger partial charge in [-0.1, -0.05) is 12.1 Å². The van der Waals surface area contributed by atoms with Crippen LogP contribution in [0.25, 0.3) is 22.6 Å². The molecule has 0 radical (unpaired) electrons. The second-order valence-electron chi connectivity index (χ2n) is 3.96. The van der Waals surface area contributed by atoms with Crippen LogP contribution >= 0.6 is 0 Å². The van der Waals surface area contributed by atoms with Gasteiger partial charge in [-0.2, -0.15) is 4.98 Å². The molecular weight excluding hydrogens is 244 g/mol. The Kier molecular flexibility index (Phi) is 2.64. The zero-order valence-electron chi connectivity index (χ0n) is 9.87. The first kappa shape index (κ1) is 11.3. The first-order chi connectivity index (χ1) is 9.25. The summed E-state index contributed by atoms with van der Waals surface area (Å²) >= 11 is 0. The molecule has 2 aromatic heterocycles. The average molecular weight is 254 g/mol. The van der Waals surface area contributed by atoms with E-state index >= 15 is 0 Å². The molecule has 2 N–H and O–H groups in total. The second-order valence-corrected chi connectivity index (χ2v) is 3.96. The summed E-state index contributed by atoms with van der Waals surface area (Å²) in [7, 11) is 0. The van der Waals surface area contributed by atoms with E-state index in [-0.39, 0.29) is 11.4 Å². The molecule has 0 atom stereocenters. The van der Waals surface area contributed by atoms with Gasteiger partial charge in [-0.15, -0.1) is 0 Å². The fourth-order valence-electron chi connectivity index (χ4n) is 1.90. The van der Waals surface area contributed by atoms with Crippen molar-refractivity contribution >= 4 is 5.69 Å². The van der Waals surface area contributed by atoms with E-state index in [2.05, 4.69) is 4.98 Å². The number of nitrogens with zero attached hydrogens (tertiary/aromatic N) is 1. The predicted molar refractivity (Wildman–Crippen MR) is 70.3 cm³/mol. The third-order valence-electron chi connectivity index (χ3n) is 2.74. The number of aromatic nitrogens is 1. The lowest BCUT2D eigenvalue weighted by molar-refractivity contribution is 0.542. The van der Waals surface area contributed by atoms with Crippen LogP contribution in [0.2, 0.25) is 0 Å². The molecule has 3 aromatic rings. The summed E-state index contributed by atoms with van der Waals surface area (Å²) < 4.78 is 10.4. The number of hydrogen-bond donors (Lipinski definition) is 1. The zero-order valence-corrected chi connectivity index (χ0v) is 9.87. The van der Waals surface area contributed by atoms with E-state index in [1.807, 2.05) is 12.1 Å². The second kappa shape index (κ2) is 4.45. The van der Waals surface area contributed by atoms with Crippen molar-refractivity contribution < 1.29 is 8.83 Å². The summed E-state index contributed by atoms with van der Waals surface area (Å²) in [4.78, 5) is 15.2. The molecule has 1 aromatic carbocycles. The first-order valence-corrected chi connectivity index (χ1v) is 5.63. The molecule has 0 aliphatic rings. The Morgan fingerprint density at radius 1 is 1.11 bits per heavy atom. The maximum absolute atomic E-state index is 11.3. The monoisotopic (exact) mass is 254 g/mol. The Bertz CT molecular complexity index is 760. The van der Waals surface area contributed by atoms with E-state index in [9.17, 15) is 4.79 Å². The maximum atomic E-state index is 11.3. The van der Waals surface area contributed by atoms with E-state index < -0.39 is 0 Å². The Labute approximate surface area is 108 Å². The van der Waals surface area contributed by atoms with E-state index in [1.54, 1.807) is 24.7 Å². The van der Waals surface area contributed by atoms with Gasteiger partial charge >= 0.3 is 0 Å². The van der Waals surface area contributed by atoms with Crippen molar-refractivity contribution in [1.29, 1.82) is 0 Å². The van der Waals surface area contributed by atoms with Crippen LogP contribution in [0.3, 0.4) is 0 Å². The van der Waals surface area contributed by atoms with Crippen LogP contribution in [-0.2, 0) is 0 Å². The Morgan fingerprint density at radius 3 is 2.74 bits per heavy atom. The molecule has 0 bridgehead atoms. The van der Waals surface area contributed by atoms with Crippen molar-refractivity contribution in [2.24, 2.45) is 0 Å². The van der Waals surface area contributed by atoms with Gasteiger partial charge < -0.3 is 14.6 Å². The van der Waals surface area contributed by atoms with Gasteiger partial charge in [0.05, 0.1) is 24.4 Å². The Balaban J connectivity index is 2.29. The highest BCUT2D eigenvalue weighted by Gasteiger charge is 2.15. The number of rotatable bonds is 2. The Hall–Kier alpha value is -2.82. The molecule has 0 unspecified atom stereocenters. The Morgan fingerprint density at radius 2 is 2.00 bits per heavy atom. The molecule has 2 heterocycles. The number of benzene rings is 1. The highest BCUT2D eigenvalue weighted by atomic mass is 16.3. The van der Waals surface area contributed by atoms with Gasteiger partial charge in [-0.05, 0) is 17.7 Å². The van der Waals surface area contributed by atoms with Crippen molar-refractivity contribution in [1.82, 2.24) is 4.98 Å². The van der Waals surface area contributed by atoms with Crippen molar-refractivity contribution in [2.45, 2.75) is 0 Å². The van der Waals surface area contributed by atoms with E-state index in [0.717, 1.165) is 11.1 Å². The number of nitrogen functional groups attached to an aromatic ring is 1. The largest absolute Gasteiger partial charge is 0.472 e. The van der Waals surface area contributed by atoms with Gasteiger partial charge in [0.25, 0.3) is 5.56 Å². The zero-order chi connectivity index (χ0) is 13.2. The minimum atomic E-state index is -0.373. The molecule has 3 rings (SSSR count). The third kappa shape index (κ3) is 2.01. The molecule has 0 spiro atoms. The van der Waals surface area contributed by atoms with Crippen LogP contribution in [0.5, 0.6) is 0 Å². The maximum Gasteiger partial charge on any atom is 0.276 e. The molecule has 0 saturated heterocycles. The summed E-state index contributed by atoms with van der Waals surface area (Å²) in [5.41, 5.74) is 8.32. The van der Waals surface area contributed by atoms with E-state index in [4.69, 9.17) is 14.6 Å². The van der Waals surface area contributed by atoms with Crippen LogP contribution in [0.4, 0.5) is 5.69 Å². The van der Waals surface area contributed by atoms with Gasteiger partial charge in [0.2, 0.25) is 5.89 Å². The molecular formula is C14H10N2O3. The summed E-state index contributed by atoms with van der Waals surface area (Å²) in [6, 6.07) is 8.47. The molecule has 0 aliphatic carbocycles. The highest BCUT2D eigenvalue weighted by molar-refractivity contribution is 5.87. The SMILES string of the molecule is Nc1cccc(-c2ccoc2)c1-c1nc(=O)cco1. The fourth-order valence-corrected chi connectivity index (χ4v) is 1.90. The first-order valence-electron chi connectivity index (χ1n) is 5.63. The van der Waals surface area contributed by atoms with E-state index in [1.165, 1.54) is 12.3 Å². The van der Waals surface area contributed by atoms with Gasteiger partial charge in [-0.25, -0.2) is 0 Å². The lowest BCUT2D eigenvalue weighted by atomic mass is 10.0. The fraction of sp³-hybridized carbons (Fsp3) is 0. The van der Waals surface area contributed by atoms with Crippen LogP contribution in [0.15, 0.2) is 62.8 Å². The topological polar surface area (TPSA) is 82.3 Å². The highest BCUT2D eigenvalue weighted by Crippen LogP contribution is 2.35. The summed E-state index contributed by atoms with van der Waals surface area (Å²) in [5, 5.41) is 0. The summed E-state index contributed by atoms with van der Waals surface area (Å²) in [6.45, 7) is 0. The summed E-state index contributed by atoms with van der Waals surface area (Å²) in [5.74, 6) is 0.196. The smallest absolute Gasteiger partial charge is 0.276 e. The normalized spacial score (nSPS) is 10.5. The van der Waals surface area contributed by atoms with Gasteiger partial charge in [0, 0.05) is 17.3 Å². The standard InChI is InChI=1S/C14H10N2O3/c15-11-3-1-2-10(9-4-6-18-8-9)13(11)14-16-12(17)5-7-19-14/h1-8H,15H2. The van der Waals surface area contributed by atoms with Crippen LogP contribution < -0.4 is 11.3 Å². The third-order valence-corrected chi connectivity index (χ3v) is 2.74. The minimum absolute atomic E-state index is 0.196. The number of nitrogens with two attached hydrogens (primary N) is 1. The molecule has 0 aliphatic heterocycles. The molecule has 0 fully saturated rings. The molecule has 94 valence electrons. The molecule has 0 amide bonds. The number of furan rings is 1. The van der Waals surface area contributed by atoms with Crippen LogP contribution in [0.1, 0.15) is 0 Å². The minimum Gasteiger partial charge on any atom is -0.472 e. The van der Waals surface area contributed by atoms with Crippen molar-refractivity contribution in [3.63, 3.8) is 0 Å². The quantitative estimate of drug-likeness (QED) is 0.710. The predicted octanol–water partition coefficient (Wildman–Crippen LogP) is 2.54. The van der Waals surface area contributed by atoms with Gasteiger partial charge in [0.15, 0.2) is 0 Å². The van der Waals surface area contributed by atoms with Crippen molar-refractivity contribution in [3.8, 4) is 22.6 Å². The number of anilines is 1. The average Bonchev–Trinajstić information content (AvgIpc) is 2.92. The van der Waals surface area contributed by atoms with Gasteiger partial charge in [-0.3, -0.25) is 4.79 Å². The molecule has 5 nitrogen and oxygen atoms in total. The lowest BCUT2D eigenvalue weighted by Gasteiger charge is -2.08. The number of hydrogen-bond acceptors (Lipinski definition) is 5. The van der Waals surface area contributed by atoms with Crippen LogP contribution in [-0.4, -0.2) is 4.98 Å².